The summed E-state index contributed by atoms with van der Waals surface area (Å²) in [5.74, 6) is 0.301. The first-order chi connectivity index (χ1) is 8.08. The van der Waals surface area contributed by atoms with E-state index in [0.29, 0.717) is 25.1 Å². The molecule has 1 amide bonds. The molecule has 1 fully saturated rings. The van der Waals surface area contributed by atoms with E-state index >= 15 is 0 Å². The van der Waals surface area contributed by atoms with Gasteiger partial charge in [0.1, 0.15) is 11.1 Å². The number of hydrogen-bond acceptors (Lipinski definition) is 4. The number of amides is 1. The normalized spacial score (nSPS) is 19.8. The highest BCUT2D eigenvalue weighted by molar-refractivity contribution is 7.16. The van der Waals surface area contributed by atoms with Crippen LogP contribution in [0.5, 0.6) is 0 Å². The van der Waals surface area contributed by atoms with Crippen LogP contribution >= 0.6 is 11.3 Å². The molecule has 90 valence electrons. The molecular weight excluding hydrogens is 234 g/mol. The number of carbonyl (C=O) groups excluding carboxylic acids is 1. The topological polar surface area (TPSA) is 70.1 Å². The quantitative estimate of drug-likeness (QED) is 0.864. The third-order valence-corrected chi connectivity index (χ3v) is 4.49. The third-order valence-electron chi connectivity index (χ3n) is 3.26. The van der Waals surface area contributed by atoms with E-state index in [2.05, 4.69) is 6.07 Å². The molecule has 1 aliphatic rings. The van der Waals surface area contributed by atoms with E-state index in [1.807, 2.05) is 13.8 Å². The van der Waals surface area contributed by atoms with Crippen molar-refractivity contribution in [2.24, 2.45) is 11.7 Å². The fraction of sp³-hybridized carbons (Fsp3) is 0.500. The first-order valence-corrected chi connectivity index (χ1v) is 6.40. The summed E-state index contributed by atoms with van der Waals surface area (Å²) >= 11 is 1.52. The summed E-state index contributed by atoms with van der Waals surface area (Å²) in [6.45, 7) is 5.07. The standard InChI is InChI=1S/C12H15N3OS/c1-7-8(2)17-12(10(7)5-14)15-6-9(4-13)3-11(15)16/h9H,3-4,6,13H2,1-2H3. The first kappa shape index (κ1) is 12.1. The highest BCUT2D eigenvalue weighted by Crippen LogP contribution is 2.37. The highest BCUT2D eigenvalue weighted by Gasteiger charge is 2.32. The molecule has 17 heavy (non-hydrogen) atoms. The van der Waals surface area contributed by atoms with Gasteiger partial charge in [-0.25, -0.2) is 0 Å². The van der Waals surface area contributed by atoms with Crippen molar-refractivity contribution in [2.75, 3.05) is 18.0 Å². The van der Waals surface area contributed by atoms with Crippen molar-refractivity contribution < 1.29 is 4.79 Å². The van der Waals surface area contributed by atoms with Crippen molar-refractivity contribution in [2.45, 2.75) is 20.3 Å². The number of carbonyl (C=O) groups is 1. The van der Waals surface area contributed by atoms with E-state index in [0.717, 1.165) is 15.4 Å². The van der Waals surface area contributed by atoms with Gasteiger partial charge in [-0.2, -0.15) is 5.26 Å². The Morgan fingerprint density at radius 2 is 2.29 bits per heavy atom. The van der Waals surface area contributed by atoms with Crippen LogP contribution < -0.4 is 10.6 Å². The van der Waals surface area contributed by atoms with E-state index in [1.54, 1.807) is 4.90 Å². The molecule has 1 aromatic heterocycles. The SMILES string of the molecule is Cc1sc(N2CC(CN)CC2=O)c(C#N)c1C. The van der Waals surface area contributed by atoms with Crippen LogP contribution in [-0.2, 0) is 4.79 Å². The minimum Gasteiger partial charge on any atom is -0.330 e. The second kappa shape index (κ2) is 4.47. The molecule has 5 heteroatoms. The molecule has 2 rings (SSSR count). The van der Waals surface area contributed by atoms with Crippen molar-refractivity contribution in [3.05, 3.63) is 16.0 Å². The van der Waals surface area contributed by atoms with Gasteiger partial charge in [0.15, 0.2) is 0 Å². The zero-order valence-electron chi connectivity index (χ0n) is 9.99. The van der Waals surface area contributed by atoms with Gasteiger partial charge in [0.2, 0.25) is 5.91 Å². The predicted molar refractivity (Wildman–Crippen MR) is 68.0 cm³/mol. The van der Waals surface area contributed by atoms with E-state index in [-0.39, 0.29) is 11.8 Å². The second-order valence-corrected chi connectivity index (χ2v) is 5.59. The summed E-state index contributed by atoms with van der Waals surface area (Å²) in [4.78, 5) is 14.7. The molecule has 1 unspecified atom stereocenters. The molecule has 2 heterocycles. The summed E-state index contributed by atoms with van der Waals surface area (Å²) in [6.07, 6.45) is 0.497. The molecule has 0 radical (unpaired) electrons. The van der Waals surface area contributed by atoms with Crippen LogP contribution in [0, 0.1) is 31.1 Å². The average molecular weight is 249 g/mol. The molecule has 1 atom stereocenters. The molecule has 0 bridgehead atoms. The van der Waals surface area contributed by atoms with Crippen molar-refractivity contribution in [1.82, 2.24) is 0 Å². The predicted octanol–water partition coefficient (Wildman–Crippen LogP) is 1.55. The monoisotopic (exact) mass is 249 g/mol. The lowest BCUT2D eigenvalue weighted by molar-refractivity contribution is -0.117. The Kier molecular flexibility index (Phi) is 3.18. The van der Waals surface area contributed by atoms with E-state index in [4.69, 9.17) is 5.73 Å². The fourth-order valence-corrected chi connectivity index (χ4v) is 3.20. The lowest BCUT2D eigenvalue weighted by Crippen LogP contribution is -2.25. The molecule has 4 nitrogen and oxygen atoms in total. The largest absolute Gasteiger partial charge is 0.330 e. The summed E-state index contributed by atoms with van der Waals surface area (Å²) in [5.41, 5.74) is 7.22. The number of aryl methyl sites for hydroxylation is 1. The molecule has 0 aromatic carbocycles. The molecule has 2 N–H and O–H groups in total. The van der Waals surface area contributed by atoms with Crippen molar-refractivity contribution >= 4 is 22.2 Å². The molecule has 0 aliphatic carbocycles. The Bertz CT molecular complexity index is 501. The van der Waals surface area contributed by atoms with Crippen LogP contribution in [0.1, 0.15) is 22.4 Å². The van der Waals surface area contributed by atoms with E-state index in [1.165, 1.54) is 11.3 Å². The van der Waals surface area contributed by atoms with Crippen molar-refractivity contribution in [3.8, 4) is 6.07 Å². The van der Waals surface area contributed by atoms with Gasteiger partial charge >= 0.3 is 0 Å². The maximum Gasteiger partial charge on any atom is 0.228 e. The molecule has 1 saturated heterocycles. The summed E-state index contributed by atoms with van der Waals surface area (Å²) in [6, 6.07) is 2.20. The molecule has 1 aromatic rings. The van der Waals surface area contributed by atoms with Crippen LogP contribution in [-0.4, -0.2) is 19.0 Å². The van der Waals surface area contributed by atoms with Crippen LogP contribution in [0.3, 0.4) is 0 Å². The first-order valence-electron chi connectivity index (χ1n) is 5.59. The number of nitrogens with two attached hydrogens (primary N) is 1. The smallest absolute Gasteiger partial charge is 0.228 e. The van der Waals surface area contributed by atoms with Crippen molar-refractivity contribution in [3.63, 3.8) is 0 Å². The zero-order chi connectivity index (χ0) is 12.6. The summed E-state index contributed by atoms with van der Waals surface area (Å²) in [5, 5.41) is 9.97. The van der Waals surface area contributed by atoms with E-state index < -0.39 is 0 Å². The fourth-order valence-electron chi connectivity index (χ4n) is 2.07. The molecule has 0 spiro atoms. The Morgan fingerprint density at radius 3 is 2.82 bits per heavy atom. The van der Waals surface area contributed by atoms with Gasteiger partial charge in [-0.05, 0) is 31.9 Å². The van der Waals surface area contributed by atoms with Gasteiger partial charge in [0.05, 0.1) is 5.56 Å². The molecule has 0 saturated carbocycles. The van der Waals surface area contributed by atoms with Crippen LogP contribution in [0.4, 0.5) is 5.00 Å². The van der Waals surface area contributed by atoms with Crippen LogP contribution in [0.15, 0.2) is 0 Å². The van der Waals surface area contributed by atoms with Gasteiger partial charge in [-0.3, -0.25) is 4.79 Å². The van der Waals surface area contributed by atoms with Gasteiger partial charge in [-0.1, -0.05) is 0 Å². The number of nitrogens with zero attached hydrogens (tertiary/aromatic N) is 2. The third kappa shape index (κ3) is 1.94. The highest BCUT2D eigenvalue weighted by atomic mass is 32.1. The van der Waals surface area contributed by atoms with Crippen LogP contribution in [0.25, 0.3) is 0 Å². The van der Waals surface area contributed by atoms with Gasteiger partial charge in [-0.15, -0.1) is 11.3 Å². The maximum absolute atomic E-state index is 11.9. The minimum absolute atomic E-state index is 0.0817. The number of anilines is 1. The Labute approximate surface area is 105 Å². The van der Waals surface area contributed by atoms with Crippen LogP contribution in [0.2, 0.25) is 0 Å². The van der Waals surface area contributed by atoms with Crippen molar-refractivity contribution in [1.29, 1.82) is 5.26 Å². The Morgan fingerprint density at radius 1 is 1.59 bits per heavy atom. The van der Waals surface area contributed by atoms with Gasteiger partial charge < -0.3 is 10.6 Å². The van der Waals surface area contributed by atoms with Gasteiger partial charge in [0, 0.05) is 17.8 Å². The average Bonchev–Trinajstić information content (AvgIpc) is 2.81. The summed E-state index contributed by atoms with van der Waals surface area (Å²) < 4.78 is 0. The molecular formula is C12H15N3OS. The number of thiophene rings is 1. The number of rotatable bonds is 2. The molecule has 1 aliphatic heterocycles. The minimum atomic E-state index is 0.0817. The Balaban J connectivity index is 2.39. The van der Waals surface area contributed by atoms with Gasteiger partial charge in [0.25, 0.3) is 0 Å². The second-order valence-electron chi connectivity index (χ2n) is 4.39. The number of hydrogen-bond donors (Lipinski definition) is 1. The Hall–Kier alpha value is -1.38. The van der Waals surface area contributed by atoms with E-state index in [9.17, 15) is 10.1 Å². The summed E-state index contributed by atoms with van der Waals surface area (Å²) in [7, 11) is 0. The lowest BCUT2D eigenvalue weighted by atomic mass is 10.1. The maximum atomic E-state index is 11.9. The zero-order valence-corrected chi connectivity index (χ0v) is 10.8. The number of nitriles is 1. The lowest BCUT2D eigenvalue weighted by Gasteiger charge is -2.14.